The van der Waals surface area contributed by atoms with Gasteiger partial charge in [-0.15, -0.1) is 0 Å². The summed E-state index contributed by atoms with van der Waals surface area (Å²) in [6.45, 7) is 2.24. The molecule has 1 aliphatic heterocycles. The van der Waals surface area contributed by atoms with E-state index in [1.807, 2.05) is 12.1 Å². The van der Waals surface area contributed by atoms with Gasteiger partial charge in [-0.05, 0) is 49.1 Å². The van der Waals surface area contributed by atoms with Gasteiger partial charge in [-0.1, -0.05) is 35.5 Å². The van der Waals surface area contributed by atoms with Crippen molar-refractivity contribution in [2.75, 3.05) is 23.7 Å². The van der Waals surface area contributed by atoms with Crippen molar-refractivity contribution >= 4 is 46.1 Å². The second-order valence-electron chi connectivity index (χ2n) is 6.67. The molecule has 7 heteroatoms. The third-order valence-electron chi connectivity index (χ3n) is 4.78. The van der Waals surface area contributed by atoms with Crippen molar-refractivity contribution in [1.29, 1.82) is 0 Å². The smallest absolute Gasteiger partial charge is 0.313 e. The number of H-pyrrole nitrogens is 1. The number of fused-ring (bicyclic) bond motifs is 1. The van der Waals surface area contributed by atoms with Gasteiger partial charge in [-0.2, -0.15) is 0 Å². The number of carboxylic acid groups (broad SMARTS) is 1. The van der Waals surface area contributed by atoms with Gasteiger partial charge in [0.25, 0.3) is 0 Å². The number of carboxylic acids is 1. The van der Waals surface area contributed by atoms with Gasteiger partial charge >= 0.3 is 5.97 Å². The van der Waals surface area contributed by atoms with E-state index >= 15 is 0 Å². The van der Waals surface area contributed by atoms with Gasteiger partial charge in [0.2, 0.25) is 0 Å². The lowest BCUT2D eigenvalue weighted by atomic mass is 10.0. The summed E-state index contributed by atoms with van der Waals surface area (Å²) in [6.07, 6.45) is 3.83. The van der Waals surface area contributed by atoms with Crippen LogP contribution in [0.3, 0.4) is 0 Å². The van der Waals surface area contributed by atoms with Crippen molar-refractivity contribution < 1.29 is 9.90 Å². The molecule has 2 N–H and O–H groups in total. The van der Waals surface area contributed by atoms with Crippen molar-refractivity contribution in [3.8, 4) is 11.1 Å². The fourth-order valence-corrected chi connectivity index (χ4v) is 4.31. The molecule has 140 valence electrons. The zero-order valence-corrected chi connectivity index (χ0v) is 16.3. The van der Waals surface area contributed by atoms with Gasteiger partial charge in [0.15, 0.2) is 5.16 Å². The van der Waals surface area contributed by atoms with Crippen LogP contribution in [-0.4, -0.2) is 39.9 Å². The molecule has 4 rings (SSSR count). The minimum absolute atomic E-state index is 0.0294. The summed E-state index contributed by atoms with van der Waals surface area (Å²) in [4.78, 5) is 20.8. The van der Waals surface area contributed by atoms with E-state index in [4.69, 9.17) is 16.7 Å². The molecule has 0 saturated carbocycles. The van der Waals surface area contributed by atoms with E-state index in [0.29, 0.717) is 10.2 Å². The van der Waals surface area contributed by atoms with Gasteiger partial charge in [-0.25, -0.2) is 4.98 Å². The summed E-state index contributed by atoms with van der Waals surface area (Å²) >= 11 is 7.67. The van der Waals surface area contributed by atoms with E-state index < -0.39 is 5.97 Å². The lowest BCUT2D eigenvalue weighted by Crippen LogP contribution is -2.29. The molecule has 0 spiro atoms. The Morgan fingerprint density at radius 2 is 1.93 bits per heavy atom. The van der Waals surface area contributed by atoms with Crippen LogP contribution < -0.4 is 4.90 Å². The number of imidazole rings is 1. The number of piperidine rings is 1. The molecule has 0 radical (unpaired) electrons. The maximum absolute atomic E-state index is 10.7. The van der Waals surface area contributed by atoms with Gasteiger partial charge in [-0.3, -0.25) is 4.79 Å². The van der Waals surface area contributed by atoms with E-state index in [1.165, 1.54) is 24.9 Å². The average Bonchev–Trinajstić information content (AvgIpc) is 3.08. The molecule has 1 saturated heterocycles. The number of thioether (sulfide) groups is 1. The largest absolute Gasteiger partial charge is 0.481 e. The fraction of sp³-hybridized carbons (Fsp3) is 0.300. The maximum Gasteiger partial charge on any atom is 0.313 e. The first-order chi connectivity index (χ1) is 13.1. The molecule has 0 aliphatic carbocycles. The second kappa shape index (κ2) is 7.82. The minimum Gasteiger partial charge on any atom is -0.481 e. The number of benzene rings is 2. The predicted octanol–water partition coefficient (Wildman–Crippen LogP) is 5.05. The third-order valence-corrected chi connectivity index (χ3v) is 5.95. The first-order valence-corrected chi connectivity index (χ1v) is 10.4. The molecule has 1 fully saturated rings. The number of aromatic amines is 1. The summed E-state index contributed by atoms with van der Waals surface area (Å²) in [7, 11) is 0. The van der Waals surface area contributed by atoms with Gasteiger partial charge in [0.05, 0.1) is 21.8 Å². The van der Waals surface area contributed by atoms with Crippen LogP contribution in [0, 0.1) is 0 Å². The van der Waals surface area contributed by atoms with Crippen LogP contribution in [0.5, 0.6) is 0 Å². The Morgan fingerprint density at radius 1 is 1.19 bits per heavy atom. The van der Waals surface area contributed by atoms with E-state index in [1.54, 1.807) is 0 Å². The normalized spacial score (nSPS) is 14.6. The van der Waals surface area contributed by atoms with Gasteiger partial charge < -0.3 is 15.0 Å². The quantitative estimate of drug-likeness (QED) is 0.585. The highest BCUT2D eigenvalue weighted by atomic mass is 35.5. The molecule has 2 heterocycles. The molecule has 1 aromatic heterocycles. The first-order valence-electron chi connectivity index (χ1n) is 8.99. The van der Waals surface area contributed by atoms with Crippen molar-refractivity contribution in [3.63, 3.8) is 0 Å². The monoisotopic (exact) mass is 401 g/mol. The number of rotatable bonds is 5. The second-order valence-corrected chi connectivity index (χ2v) is 8.04. The lowest BCUT2D eigenvalue weighted by Gasteiger charge is -2.28. The van der Waals surface area contributed by atoms with E-state index in [2.05, 4.69) is 39.1 Å². The minimum atomic E-state index is -0.868. The number of hydrogen-bond donors (Lipinski definition) is 2. The highest BCUT2D eigenvalue weighted by molar-refractivity contribution is 7.99. The van der Waals surface area contributed by atoms with Gasteiger partial charge in [0.1, 0.15) is 0 Å². The Labute approximate surface area is 166 Å². The lowest BCUT2D eigenvalue weighted by molar-refractivity contribution is -0.133. The van der Waals surface area contributed by atoms with Crippen molar-refractivity contribution in [1.82, 2.24) is 9.97 Å². The topological polar surface area (TPSA) is 69.2 Å². The number of carbonyl (C=O) groups is 1. The highest BCUT2D eigenvalue weighted by Crippen LogP contribution is 2.33. The molecule has 3 aromatic rings. The molecule has 1 aliphatic rings. The summed E-state index contributed by atoms with van der Waals surface area (Å²) in [5.41, 5.74) is 4.81. The molecular weight excluding hydrogens is 382 g/mol. The zero-order chi connectivity index (χ0) is 18.8. The highest BCUT2D eigenvalue weighted by Gasteiger charge is 2.13. The van der Waals surface area contributed by atoms with Gasteiger partial charge in [0, 0.05) is 24.3 Å². The van der Waals surface area contributed by atoms with Crippen LogP contribution in [0.1, 0.15) is 19.3 Å². The summed E-state index contributed by atoms with van der Waals surface area (Å²) in [5, 5.41) is 10.0. The zero-order valence-electron chi connectivity index (χ0n) is 14.7. The van der Waals surface area contributed by atoms with E-state index in [0.717, 1.165) is 47.0 Å². The Balaban J connectivity index is 1.60. The average molecular weight is 402 g/mol. The molecule has 27 heavy (non-hydrogen) atoms. The number of aromatic nitrogens is 2. The third kappa shape index (κ3) is 4.06. The standard InChI is InChI=1S/C20H20ClN3O2S/c21-16-11-18-17(22-20(23-18)27-12-19(25)26)10-15(16)13-4-6-14(7-5-13)24-8-2-1-3-9-24/h4-7,10-11H,1-3,8-9,12H2,(H,22,23)(H,25,26). The Hall–Kier alpha value is -2.18. The van der Waals surface area contributed by atoms with Crippen LogP contribution in [0.25, 0.3) is 22.2 Å². The maximum atomic E-state index is 10.7. The molecule has 2 aromatic carbocycles. The van der Waals surface area contributed by atoms with Crippen molar-refractivity contribution in [2.24, 2.45) is 0 Å². The first kappa shape index (κ1) is 18.2. The Kier molecular flexibility index (Phi) is 5.27. The van der Waals surface area contributed by atoms with Crippen LogP contribution in [-0.2, 0) is 4.79 Å². The van der Waals surface area contributed by atoms with E-state index in [-0.39, 0.29) is 5.75 Å². The number of nitrogens with one attached hydrogen (secondary N) is 1. The molecule has 5 nitrogen and oxygen atoms in total. The fourth-order valence-electron chi connectivity index (χ4n) is 3.43. The van der Waals surface area contributed by atoms with E-state index in [9.17, 15) is 4.79 Å². The number of halogens is 1. The Bertz CT molecular complexity index is 965. The molecule has 0 atom stereocenters. The summed E-state index contributed by atoms with van der Waals surface area (Å²) < 4.78 is 0. The summed E-state index contributed by atoms with van der Waals surface area (Å²) in [6, 6.07) is 12.3. The van der Waals surface area contributed by atoms with Crippen molar-refractivity contribution in [2.45, 2.75) is 24.4 Å². The van der Waals surface area contributed by atoms with Crippen LogP contribution in [0.15, 0.2) is 41.6 Å². The number of hydrogen-bond acceptors (Lipinski definition) is 4. The van der Waals surface area contributed by atoms with Crippen molar-refractivity contribution in [3.05, 3.63) is 41.4 Å². The van der Waals surface area contributed by atoms with Crippen LogP contribution >= 0.6 is 23.4 Å². The van der Waals surface area contributed by atoms with Crippen LogP contribution in [0.4, 0.5) is 5.69 Å². The number of anilines is 1. The molecule has 0 bridgehead atoms. The summed E-state index contributed by atoms with van der Waals surface area (Å²) in [5.74, 6) is -0.897. The molecule has 0 amide bonds. The van der Waals surface area contributed by atoms with Crippen LogP contribution in [0.2, 0.25) is 5.02 Å². The molecule has 0 unspecified atom stereocenters. The SMILES string of the molecule is O=C(O)CSc1nc2cc(-c3ccc(N4CCCCC4)cc3)c(Cl)cc2[nH]1. The number of nitrogens with zero attached hydrogens (tertiary/aromatic N) is 2. The molecular formula is C20H20ClN3O2S. The predicted molar refractivity (Wildman–Crippen MR) is 111 cm³/mol. The Morgan fingerprint density at radius 3 is 2.63 bits per heavy atom. The number of aliphatic carboxylic acids is 1.